The number of hydrogen-bond donors (Lipinski definition) is 1. The summed E-state index contributed by atoms with van der Waals surface area (Å²) < 4.78 is 11.0. The maximum atomic E-state index is 12.3. The summed E-state index contributed by atoms with van der Waals surface area (Å²) in [6, 6.07) is 1.76. The van der Waals surface area contributed by atoms with Crippen LogP contribution in [0.5, 0.6) is 0 Å². The number of nitrogens with zero attached hydrogens (tertiary/aromatic N) is 1. The molecule has 6 heteroatoms. The van der Waals surface area contributed by atoms with E-state index in [4.69, 9.17) is 15.2 Å². The molecule has 2 unspecified atom stereocenters. The maximum Gasteiger partial charge on any atom is 0.410 e. The Hall–Kier alpha value is -1.11. The second-order valence-electron chi connectivity index (χ2n) is 6.32. The first kappa shape index (κ1) is 16.3. The summed E-state index contributed by atoms with van der Waals surface area (Å²) in [4.78, 5) is 14.0. The van der Waals surface area contributed by atoms with Crippen LogP contribution in [0.2, 0.25) is 0 Å². The van der Waals surface area contributed by atoms with Gasteiger partial charge in [-0.05, 0) is 49.6 Å². The van der Waals surface area contributed by atoms with Gasteiger partial charge in [0.05, 0.1) is 19.3 Å². The van der Waals surface area contributed by atoms with E-state index in [0.717, 1.165) is 6.42 Å². The minimum Gasteiger partial charge on any atom is -0.444 e. The molecule has 1 aromatic rings. The number of nitrogens with two attached hydrogens (primary N) is 1. The highest BCUT2D eigenvalue weighted by Crippen LogP contribution is 2.18. The van der Waals surface area contributed by atoms with E-state index in [1.54, 1.807) is 16.2 Å². The van der Waals surface area contributed by atoms with Crippen LogP contribution in [0.4, 0.5) is 4.79 Å². The highest BCUT2D eigenvalue weighted by Gasteiger charge is 2.34. The van der Waals surface area contributed by atoms with E-state index in [2.05, 4.69) is 11.4 Å². The third-order valence-corrected chi connectivity index (χ3v) is 4.07. The minimum absolute atomic E-state index is 0.145. The zero-order valence-electron chi connectivity index (χ0n) is 12.9. The van der Waals surface area contributed by atoms with Crippen molar-refractivity contribution in [1.82, 2.24) is 4.90 Å². The molecule has 0 saturated carbocycles. The van der Waals surface area contributed by atoms with E-state index in [-0.39, 0.29) is 18.2 Å². The molecule has 1 saturated heterocycles. The summed E-state index contributed by atoms with van der Waals surface area (Å²) in [5.74, 6) is 0. The van der Waals surface area contributed by atoms with E-state index >= 15 is 0 Å². The Morgan fingerprint density at radius 1 is 1.62 bits per heavy atom. The van der Waals surface area contributed by atoms with Gasteiger partial charge in [-0.1, -0.05) is 0 Å². The molecule has 2 rings (SSSR count). The van der Waals surface area contributed by atoms with Crippen molar-refractivity contribution in [3.63, 3.8) is 0 Å². The van der Waals surface area contributed by atoms with Crippen LogP contribution in [-0.2, 0) is 15.9 Å². The van der Waals surface area contributed by atoms with Gasteiger partial charge < -0.3 is 15.2 Å². The molecule has 2 N–H and O–H groups in total. The molecule has 1 aromatic heterocycles. The van der Waals surface area contributed by atoms with Crippen LogP contribution in [0, 0.1) is 0 Å². The Kier molecular flexibility index (Phi) is 5.24. The highest BCUT2D eigenvalue weighted by molar-refractivity contribution is 7.07. The number of carbonyl (C=O) groups excluding carboxylic acids is 1. The van der Waals surface area contributed by atoms with E-state index < -0.39 is 5.60 Å². The summed E-state index contributed by atoms with van der Waals surface area (Å²) in [5.41, 5.74) is 7.00. The third kappa shape index (κ3) is 4.69. The smallest absolute Gasteiger partial charge is 0.410 e. The molecule has 2 atom stereocenters. The molecule has 21 heavy (non-hydrogen) atoms. The van der Waals surface area contributed by atoms with Crippen molar-refractivity contribution in [2.45, 2.75) is 44.9 Å². The molecule has 0 aliphatic carbocycles. The summed E-state index contributed by atoms with van der Waals surface area (Å²) in [6.45, 7) is 7.12. The number of hydrogen-bond acceptors (Lipinski definition) is 5. The normalized spacial score (nSPS) is 21.1. The molecule has 0 spiro atoms. The van der Waals surface area contributed by atoms with Gasteiger partial charge in [-0.15, -0.1) is 0 Å². The van der Waals surface area contributed by atoms with Crippen molar-refractivity contribution in [2.24, 2.45) is 5.73 Å². The molecule has 5 nitrogen and oxygen atoms in total. The Labute approximate surface area is 130 Å². The van der Waals surface area contributed by atoms with Crippen molar-refractivity contribution in [1.29, 1.82) is 0 Å². The number of ether oxygens (including phenoxy) is 2. The predicted octanol–water partition coefficient (Wildman–Crippen LogP) is 2.25. The van der Waals surface area contributed by atoms with Gasteiger partial charge >= 0.3 is 6.09 Å². The zero-order valence-corrected chi connectivity index (χ0v) is 13.7. The number of thiophene rings is 1. The number of morpholine rings is 1. The molecule has 0 bridgehead atoms. The van der Waals surface area contributed by atoms with Gasteiger partial charge in [0.25, 0.3) is 0 Å². The SMILES string of the molecule is CC(C)(C)OC(=O)N1CCOCC1C(N)Cc1ccsc1. The van der Waals surface area contributed by atoms with Crippen molar-refractivity contribution in [3.05, 3.63) is 22.4 Å². The quantitative estimate of drug-likeness (QED) is 0.930. The molecule has 1 amide bonds. The monoisotopic (exact) mass is 312 g/mol. The molecule has 0 aromatic carbocycles. The lowest BCUT2D eigenvalue weighted by Crippen LogP contribution is -2.58. The van der Waals surface area contributed by atoms with Crippen LogP contribution >= 0.6 is 11.3 Å². The summed E-state index contributed by atoms with van der Waals surface area (Å²) >= 11 is 1.65. The topological polar surface area (TPSA) is 64.8 Å². The Morgan fingerprint density at radius 3 is 3.00 bits per heavy atom. The Morgan fingerprint density at radius 2 is 2.38 bits per heavy atom. The average Bonchev–Trinajstić information content (AvgIpc) is 2.89. The average molecular weight is 312 g/mol. The van der Waals surface area contributed by atoms with Crippen LogP contribution < -0.4 is 5.73 Å². The van der Waals surface area contributed by atoms with Crippen LogP contribution in [-0.4, -0.2) is 48.4 Å². The number of rotatable bonds is 3. The number of amides is 1. The first-order valence-corrected chi connectivity index (χ1v) is 8.15. The second-order valence-corrected chi connectivity index (χ2v) is 7.10. The van der Waals surface area contributed by atoms with Crippen molar-refractivity contribution >= 4 is 17.4 Å². The fourth-order valence-corrected chi connectivity index (χ4v) is 3.02. The van der Waals surface area contributed by atoms with Crippen molar-refractivity contribution in [2.75, 3.05) is 19.8 Å². The van der Waals surface area contributed by atoms with Crippen molar-refractivity contribution < 1.29 is 14.3 Å². The van der Waals surface area contributed by atoms with E-state index in [1.807, 2.05) is 26.2 Å². The number of carbonyl (C=O) groups is 1. The second kappa shape index (κ2) is 6.77. The van der Waals surface area contributed by atoms with Gasteiger partial charge in [0.15, 0.2) is 0 Å². The van der Waals surface area contributed by atoms with Crippen LogP contribution in [0.1, 0.15) is 26.3 Å². The molecule has 2 heterocycles. The van der Waals surface area contributed by atoms with Gasteiger partial charge in [0.2, 0.25) is 0 Å². The summed E-state index contributed by atoms with van der Waals surface area (Å²) in [7, 11) is 0. The van der Waals surface area contributed by atoms with Crippen LogP contribution in [0.15, 0.2) is 16.8 Å². The largest absolute Gasteiger partial charge is 0.444 e. The van der Waals surface area contributed by atoms with Crippen LogP contribution in [0.3, 0.4) is 0 Å². The molecular formula is C15H24N2O3S. The highest BCUT2D eigenvalue weighted by atomic mass is 32.1. The van der Waals surface area contributed by atoms with Gasteiger partial charge in [-0.3, -0.25) is 4.90 Å². The lowest BCUT2D eigenvalue weighted by atomic mass is 10.0. The lowest BCUT2D eigenvalue weighted by Gasteiger charge is -2.39. The van der Waals surface area contributed by atoms with Crippen LogP contribution in [0.25, 0.3) is 0 Å². The molecule has 118 valence electrons. The molecule has 1 aliphatic rings. The molecule has 1 fully saturated rings. The first-order chi connectivity index (χ1) is 9.87. The summed E-state index contributed by atoms with van der Waals surface area (Å²) in [5, 5.41) is 4.12. The molecular weight excluding hydrogens is 288 g/mol. The standard InChI is InChI=1S/C15H24N2O3S/c1-15(2,3)20-14(18)17-5-6-19-9-13(17)12(16)8-11-4-7-21-10-11/h4,7,10,12-13H,5-6,8-9,16H2,1-3H3. The van der Waals surface area contributed by atoms with E-state index in [0.29, 0.717) is 19.8 Å². The third-order valence-electron chi connectivity index (χ3n) is 3.34. The van der Waals surface area contributed by atoms with E-state index in [9.17, 15) is 4.79 Å². The maximum absolute atomic E-state index is 12.3. The Balaban J connectivity index is 2.02. The van der Waals surface area contributed by atoms with Gasteiger partial charge in [0, 0.05) is 12.6 Å². The lowest BCUT2D eigenvalue weighted by molar-refractivity contribution is -0.0378. The fraction of sp³-hybridized carbons (Fsp3) is 0.667. The van der Waals surface area contributed by atoms with Gasteiger partial charge in [-0.2, -0.15) is 11.3 Å². The zero-order chi connectivity index (χ0) is 15.5. The van der Waals surface area contributed by atoms with Gasteiger partial charge in [0.1, 0.15) is 5.60 Å². The summed E-state index contributed by atoms with van der Waals surface area (Å²) in [6.07, 6.45) is 0.424. The van der Waals surface area contributed by atoms with E-state index in [1.165, 1.54) is 5.56 Å². The fourth-order valence-electron chi connectivity index (χ4n) is 2.34. The van der Waals surface area contributed by atoms with Crippen molar-refractivity contribution in [3.8, 4) is 0 Å². The van der Waals surface area contributed by atoms with Gasteiger partial charge in [-0.25, -0.2) is 4.79 Å². The Bertz CT molecular complexity index is 456. The molecule has 1 aliphatic heterocycles. The minimum atomic E-state index is -0.503. The first-order valence-electron chi connectivity index (χ1n) is 7.21. The predicted molar refractivity (Wildman–Crippen MR) is 83.5 cm³/mol. The molecule has 0 radical (unpaired) electrons.